The summed E-state index contributed by atoms with van der Waals surface area (Å²) in [5, 5.41) is 12.8. The molecule has 6 rings (SSSR count). The summed E-state index contributed by atoms with van der Waals surface area (Å²) in [5.41, 5.74) is 2.49. The van der Waals surface area contributed by atoms with Crippen LogP contribution in [0.4, 0.5) is 10.5 Å². The number of benzene rings is 2. The fourth-order valence-corrected chi connectivity index (χ4v) is 7.85. The molecule has 1 aliphatic carbocycles. The van der Waals surface area contributed by atoms with Crippen molar-refractivity contribution in [3.63, 3.8) is 0 Å². The van der Waals surface area contributed by atoms with E-state index in [1.54, 1.807) is 0 Å². The zero-order valence-corrected chi connectivity index (χ0v) is 23.8. The van der Waals surface area contributed by atoms with Gasteiger partial charge in [0.15, 0.2) is 0 Å². The number of para-hydroxylation sites is 1. The Kier molecular flexibility index (Phi) is 7.77. The summed E-state index contributed by atoms with van der Waals surface area (Å²) in [7, 11) is 0. The Morgan fingerprint density at radius 1 is 1.07 bits per heavy atom. The van der Waals surface area contributed by atoms with Crippen molar-refractivity contribution in [3.8, 4) is 11.5 Å². The lowest BCUT2D eigenvalue weighted by atomic mass is 9.86. The molecule has 2 aromatic rings. The molecule has 3 aliphatic heterocycles. The fourth-order valence-electron chi connectivity index (χ4n) is 6.45. The largest absolute Gasteiger partial charge is 0.457 e. The Bertz CT molecular complexity index is 1400. The van der Waals surface area contributed by atoms with E-state index in [-0.39, 0.29) is 47.3 Å². The summed E-state index contributed by atoms with van der Waals surface area (Å²) in [6.45, 7) is 6.27. The van der Waals surface area contributed by atoms with Crippen LogP contribution in [0.15, 0.2) is 71.8 Å². The molecular weight excluding hydrogens is 538 g/mol. The molecule has 41 heavy (non-hydrogen) atoms. The predicted octanol–water partition coefficient (Wildman–Crippen LogP) is 4.31. The van der Waals surface area contributed by atoms with E-state index in [0.717, 1.165) is 49.2 Å². The second-order valence-corrected chi connectivity index (χ2v) is 12.2. The Hall–Kier alpha value is -3.76. The molecule has 214 valence electrons. The number of rotatable bonds is 7. The summed E-state index contributed by atoms with van der Waals surface area (Å²) in [4.78, 5) is 41.4. The molecule has 1 saturated carbocycles. The van der Waals surface area contributed by atoms with Gasteiger partial charge in [0, 0.05) is 29.4 Å². The van der Waals surface area contributed by atoms with Crippen molar-refractivity contribution in [1.82, 2.24) is 21.3 Å². The minimum absolute atomic E-state index is 0.000392. The highest BCUT2D eigenvalue weighted by Crippen LogP contribution is 2.48. The van der Waals surface area contributed by atoms with E-state index in [9.17, 15) is 14.4 Å². The molecular formula is C31H35N5O4S. The van der Waals surface area contributed by atoms with Crippen LogP contribution in [0.5, 0.6) is 11.5 Å². The Labute approximate surface area is 244 Å². The van der Waals surface area contributed by atoms with E-state index in [4.69, 9.17) is 4.74 Å². The third-order valence-electron chi connectivity index (χ3n) is 8.30. The number of carbonyl (C=O) groups excluding carboxylic acids is 3. The molecule has 2 saturated heterocycles. The molecule has 10 heteroatoms. The maximum atomic E-state index is 13.6. The van der Waals surface area contributed by atoms with E-state index < -0.39 is 0 Å². The molecule has 2 aromatic carbocycles. The molecule has 4 N–H and O–H groups in total. The SMILES string of the molecule is C=CC(=O)N[C@@H]1CCC[C@@H](NC(=O)C2=C3NC(=O)N(c4ccc(Oc5ccccc5)cc4C)C4CCNC(S2)C34)C1. The average molecular weight is 574 g/mol. The summed E-state index contributed by atoms with van der Waals surface area (Å²) in [6, 6.07) is 15.1. The first-order chi connectivity index (χ1) is 19.9. The number of thioether (sulfide) groups is 1. The monoisotopic (exact) mass is 573 g/mol. The van der Waals surface area contributed by atoms with E-state index in [1.165, 1.54) is 17.8 Å². The molecule has 3 fully saturated rings. The van der Waals surface area contributed by atoms with Gasteiger partial charge in [-0.1, -0.05) is 36.5 Å². The minimum Gasteiger partial charge on any atom is -0.457 e. The molecule has 3 unspecified atom stereocenters. The van der Waals surface area contributed by atoms with Crippen molar-refractivity contribution < 1.29 is 19.1 Å². The van der Waals surface area contributed by atoms with Gasteiger partial charge < -0.3 is 26.0 Å². The Balaban J connectivity index is 1.20. The topological polar surface area (TPSA) is 112 Å². The molecule has 4 amide bonds. The third kappa shape index (κ3) is 5.58. The van der Waals surface area contributed by atoms with Gasteiger partial charge in [0.25, 0.3) is 5.91 Å². The van der Waals surface area contributed by atoms with Crippen LogP contribution in [0, 0.1) is 12.8 Å². The van der Waals surface area contributed by atoms with Gasteiger partial charge in [0.1, 0.15) is 11.5 Å². The van der Waals surface area contributed by atoms with E-state index in [1.807, 2.05) is 60.4 Å². The summed E-state index contributed by atoms with van der Waals surface area (Å²) < 4.78 is 6.00. The first-order valence-corrected chi connectivity index (χ1v) is 15.1. The maximum absolute atomic E-state index is 13.6. The number of ether oxygens (including phenoxy) is 1. The van der Waals surface area contributed by atoms with Crippen LogP contribution in [-0.4, -0.2) is 47.9 Å². The highest BCUT2D eigenvalue weighted by molar-refractivity contribution is 8.04. The zero-order valence-electron chi connectivity index (χ0n) is 23.0. The van der Waals surface area contributed by atoms with Gasteiger partial charge in [0.05, 0.1) is 16.3 Å². The number of urea groups is 1. The van der Waals surface area contributed by atoms with E-state index in [0.29, 0.717) is 22.8 Å². The number of anilines is 1. The zero-order chi connectivity index (χ0) is 28.5. The van der Waals surface area contributed by atoms with Crippen LogP contribution in [0.25, 0.3) is 0 Å². The van der Waals surface area contributed by atoms with Gasteiger partial charge >= 0.3 is 6.03 Å². The van der Waals surface area contributed by atoms with Crippen LogP contribution in [0.2, 0.25) is 0 Å². The number of carbonyl (C=O) groups is 3. The van der Waals surface area contributed by atoms with Gasteiger partial charge in [-0.05, 0) is 87.5 Å². The third-order valence-corrected chi connectivity index (χ3v) is 9.65. The molecule has 0 bridgehead atoms. The van der Waals surface area contributed by atoms with Crippen molar-refractivity contribution in [2.24, 2.45) is 5.92 Å². The molecule has 9 nitrogen and oxygen atoms in total. The van der Waals surface area contributed by atoms with Crippen molar-refractivity contribution >= 4 is 35.3 Å². The summed E-state index contributed by atoms with van der Waals surface area (Å²) in [6.07, 6.45) is 5.39. The van der Waals surface area contributed by atoms with Crippen molar-refractivity contribution in [1.29, 1.82) is 0 Å². The standard InChI is InChI=1S/C31H35N5O4S/c1-3-25(37)33-19-8-7-9-20(17-19)34-29(38)28-27-26-24(14-15-32-30(26)41-28)36(31(39)35-27)23-13-12-22(16-18(23)2)40-21-10-5-4-6-11-21/h3-6,10-13,16,19-20,24,26,30,32H,1,7-9,14-15,17H2,2H3,(H,33,37)(H,34,38)(H,35,39)/t19-,20-,24?,26?,30?/m1/s1. The van der Waals surface area contributed by atoms with Crippen molar-refractivity contribution in [2.45, 2.75) is 62.5 Å². The number of aryl methyl sites for hydroxylation is 1. The minimum atomic E-state index is -0.223. The molecule has 0 radical (unpaired) electrons. The number of amides is 4. The van der Waals surface area contributed by atoms with E-state index >= 15 is 0 Å². The normalized spacial score (nSPS) is 27.0. The summed E-state index contributed by atoms with van der Waals surface area (Å²) in [5.74, 6) is 1.08. The maximum Gasteiger partial charge on any atom is 0.326 e. The number of nitrogens with one attached hydrogen (secondary N) is 4. The van der Waals surface area contributed by atoms with Crippen LogP contribution < -0.4 is 30.9 Å². The molecule has 4 aliphatic rings. The van der Waals surface area contributed by atoms with Crippen molar-refractivity contribution in [3.05, 3.63) is 77.4 Å². The lowest BCUT2D eigenvalue weighted by Crippen LogP contribution is -2.62. The first kappa shape index (κ1) is 27.4. The van der Waals surface area contributed by atoms with Crippen LogP contribution in [0.3, 0.4) is 0 Å². The van der Waals surface area contributed by atoms with Crippen LogP contribution in [-0.2, 0) is 9.59 Å². The number of hydrogen-bond acceptors (Lipinski definition) is 6. The second kappa shape index (κ2) is 11.6. The number of piperidine rings is 1. The van der Waals surface area contributed by atoms with Gasteiger partial charge in [-0.15, -0.1) is 0 Å². The number of hydrogen-bond donors (Lipinski definition) is 4. The van der Waals surface area contributed by atoms with E-state index in [2.05, 4.69) is 27.8 Å². The Morgan fingerprint density at radius 2 is 1.85 bits per heavy atom. The highest BCUT2D eigenvalue weighted by atomic mass is 32.2. The van der Waals surface area contributed by atoms with Crippen LogP contribution in [0.1, 0.15) is 37.7 Å². The summed E-state index contributed by atoms with van der Waals surface area (Å²) >= 11 is 1.50. The lowest BCUT2D eigenvalue weighted by Gasteiger charge is -2.46. The van der Waals surface area contributed by atoms with Gasteiger partial charge in [-0.3, -0.25) is 14.5 Å². The highest BCUT2D eigenvalue weighted by Gasteiger charge is 2.52. The predicted molar refractivity (Wildman–Crippen MR) is 160 cm³/mol. The molecule has 5 atom stereocenters. The molecule has 0 aromatic heterocycles. The number of nitrogens with zero attached hydrogens (tertiary/aromatic N) is 1. The quantitative estimate of drug-likeness (QED) is 0.368. The van der Waals surface area contributed by atoms with Gasteiger partial charge in [0.2, 0.25) is 5.91 Å². The van der Waals surface area contributed by atoms with Crippen LogP contribution >= 0.6 is 11.8 Å². The first-order valence-electron chi connectivity index (χ1n) is 14.2. The second-order valence-electron chi connectivity index (χ2n) is 11.0. The Morgan fingerprint density at radius 3 is 2.61 bits per heavy atom. The van der Waals surface area contributed by atoms with Gasteiger partial charge in [-0.2, -0.15) is 0 Å². The lowest BCUT2D eigenvalue weighted by molar-refractivity contribution is -0.117. The fraction of sp³-hybridized carbons (Fsp3) is 0.387. The molecule has 3 heterocycles. The molecule has 0 spiro atoms. The smallest absolute Gasteiger partial charge is 0.326 e. The average Bonchev–Trinajstić information content (AvgIpc) is 3.34. The van der Waals surface area contributed by atoms with Gasteiger partial charge in [-0.25, -0.2) is 4.79 Å². The van der Waals surface area contributed by atoms with Crippen molar-refractivity contribution in [2.75, 3.05) is 11.4 Å².